The first-order chi connectivity index (χ1) is 8.63. The SMILES string of the molecule is COC1CCCN(C(=O)NCCC2(O)CCC2)C1. The number of piperidine rings is 1. The predicted molar refractivity (Wildman–Crippen MR) is 68.4 cm³/mol. The molecule has 0 radical (unpaired) electrons. The van der Waals surface area contributed by atoms with E-state index in [1.165, 1.54) is 0 Å². The summed E-state index contributed by atoms with van der Waals surface area (Å²) in [6.07, 6.45) is 5.71. The second-order valence-electron chi connectivity index (χ2n) is 5.51. The first-order valence-electron chi connectivity index (χ1n) is 6.91. The zero-order chi connectivity index (χ0) is 13.0. The molecular formula is C13H24N2O3. The van der Waals surface area contributed by atoms with Gasteiger partial charge in [-0.3, -0.25) is 0 Å². The molecule has 1 aliphatic heterocycles. The molecule has 0 aromatic rings. The van der Waals surface area contributed by atoms with Gasteiger partial charge < -0.3 is 20.1 Å². The summed E-state index contributed by atoms with van der Waals surface area (Å²) in [5.74, 6) is 0. The number of carbonyl (C=O) groups is 1. The van der Waals surface area contributed by atoms with Gasteiger partial charge in [0.25, 0.3) is 0 Å². The van der Waals surface area contributed by atoms with Gasteiger partial charge in [0, 0.05) is 26.7 Å². The van der Waals surface area contributed by atoms with Crippen molar-refractivity contribution in [3.05, 3.63) is 0 Å². The van der Waals surface area contributed by atoms with Crippen molar-refractivity contribution in [3.63, 3.8) is 0 Å². The van der Waals surface area contributed by atoms with Crippen molar-refractivity contribution in [1.29, 1.82) is 0 Å². The molecule has 1 aliphatic carbocycles. The van der Waals surface area contributed by atoms with Gasteiger partial charge in [0.1, 0.15) is 0 Å². The average Bonchev–Trinajstić information content (AvgIpc) is 2.36. The Bertz CT molecular complexity index is 292. The lowest BCUT2D eigenvalue weighted by Crippen LogP contribution is -2.49. The van der Waals surface area contributed by atoms with Crippen molar-refractivity contribution in [3.8, 4) is 0 Å². The molecule has 104 valence electrons. The molecule has 18 heavy (non-hydrogen) atoms. The standard InChI is InChI=1S/C13H24N2O3/c1-18-11-4-2-9-15(10-11)12(16)14-8-7-13(17)5-3-6-13/h11,17H,2-10H2,1H3,(H,14,16). The third-order valence-corrected chi connectivity index (χ3v) is 4.15. The van der Waals surface area contributed by atoms with Crippen LogP contribution in [0.4, 0.5) is 4.79 Å². The zero-order valence-corrected chi connectivity index (χ0v) is 11.2. The van der Waals surface area contributed by atoms with Crippen LogP contribution in [0.5, 0.6) is 0 Å². The van der Waals surface area contributed by atoms with Crippen molar-refractivity contribution in [1.82, 2.24) is 10.2 Å². The van der Waals surface area contributed by atoms with Gasteiger partial charge in [0.2, 0.25) is 0 Å². The molecule has 0 bridgehead atoms. The third kappa shape index (κ3) is 3.36. The van der Waals surface area contributed by atoms with Gasteiger partial charge >= 0.3 is 6.03 Å². The minimum atomic E-state index is -0.510. The van der Waals surface area contributed by atoms with Crippen molar-refractivity contribution < 1.29 is 14.6 Å². The van der Waals surface area contributed by atoms with Gasteiger partial charge in [-0.1, -0.05) is 0 Å². The van der Waals surface area contributed by atoms with Crippen molar-refractivity contribution in [2.75, 3.05) is 26.7 Å². The highest BCUT2D eigenvalue weighted by Crippen LogP contribution is 2.34. The van der Waals surface area contributed by atoms with E-state index in [2.05, 4.69) is 5.32 Å². The third-order valence-electron chi connectivity index (χ3n) is 4.15. The molecule has 2 amide bonds. The van der Waals surface area contributed by atoms with E-state index < -0.39 is 5.60 Å². The highest BCUT2D eigenvalue weighted by atomic mass is 16.5. The summed E-state index contributed by atoms with van der Waals surface area (Å²) in [5.41, 5.74) is -0.510. The topological polar surface area (TPSA) is 61.8 Å². The zero-order valence-electron chi connectivity index (χ0n) is 11.2. The Morgan fingerprint density at radius 2 is 2.28 bits per heavy atom. The fourth-order valence-corrected chi connectivity index (χ4v) is 2.66. The van der Waals surface area contributed by atoms with Crippen LogP contribution >= 0.6 is 0 Å². The smallest absolute Gasteiger partial charge is 0.317 e. The molecular weight excluding hydrogens is 232 g/mol. The van der Waals surface area contributed by atoms with Gasteiger partial charge in [0.05, 0.1) is 11.7 Å². The van der Waals surface area contributed by atoms with Gasteiger partial charge in [-0.2, -0.15) is 0 Å². The highest BCUT2D eigenvalue weighted by Gasteiger charge is 2.34. The molecule has 1 heterocycles. The van der Waals surface area contributed by atoms with E-state index >= 15 is 0 Å². The van der Waals surface area contributed by atoms with E-state index in [0.29, 0.717) is 19.5 Å². The Labute approximate surface area is 108 Å². The Morgan fingerprint density at radius 3 is 2.89 bits per heavy atom. The molecule has 2 aliphatic rings. The van der Waals surface area contributed by atoms with Gasteiger partial charge in [-0.15, -0.1) is 0 Å². The molecule has 0 aromatic carbocycles. The van der Waals surface area contributed by atoms with Crippen LogP contribution in [0, 0.1) is 0 Å². The number of hydrogen-bond donors (Lipinski definition) is 2. The lowest BCUT2D eigenvalue weighted by Gasteiger charge is -2.37. The monoisotopic (exact) mass is 256 g/mol. The lowest BCUT2D eigenvalue weighted by atomic mass is 9.78. The van der Waals surface area contributed by atoms with Crippen LogP contribution < -0.4 is 5.32 Å². The number of nitrogens with one attached hydrogen (secondary N) is 1. The number of urea groups is 1. The second kappa shape index (κ2) is 5.89. The van der Waals surface area contributed by atoms with Gasteiger partial charge in [0.15, 0.2) is 0 Å². The summed E-state index contributed by atoms with van der Waals surface area (Å²) in [7, 11) is 1.69. The van der Waals surface area contributed by atoms with Crippen molar-refractivity contribution in [2.24, 2.45) is 0 Å². The number of ether oxygens (including phenoxy) is 1. The van der Waals surface area contributed by atoms with E-state index in [0.717, 1.165) is 38.6 Å². The van der Waals surface area contributed by atoms with Gasteiger partial charge in [-0.25, -0.2) is 4.79 Å². The minimum absolute atomic E-state index is 0.0281. The van der Waals surface area contributed by atoms with Crippen LogP contribution in [0.3, 0.4) is 0 Å². The van der Waals surface area contributed by atoms with Crippen LogP contribution in [0.15, 0.2) is 0 Å². The Hall–Kier alpha value is -0.810. The number of rotatable bonds is 4. The Balaban J connectivity index is 1.67. The fraction of sp³-hybridized carbons (Fsp3) is 0.923. The molecule has 2 N–H and O–H groups in total. The van der Waals surface area contributed by atoms with E-state index in [1.54, 1.807) is 7.11 Å². The van der Waals surface area contributed by atoms with Crippen LogP contribution in [-0.2, 0) is 4.74 Å². The number of hydrogen-bond acceptors (Lipinski definition) is 3. The molecule has 1 saturated heterocycles. The van der Waals surface area contributed by atoms with E-state index in [1.807, 2.05) is 4.90 Å². The largest absolute Gasteiger partial charge is 0.390 e. The average molecular weight is 256 g/mol. The summed E-state index contributed by atoms with van der Waals surface area (Å²) in [6.45, 7) is 2.03. The number of carbonyl (C=O) groups excluding carboxylic acids is 1. The highest BCUT2D eigenvalue weighted by molar-refractivity contribution is 5.74. The molecule has 5 nitrogen and oxygen atoms in total. The van der Waals surface area contributed by atoms with Crippen LogP contribution in [0.2, 0.25) is 0 Å². The van der Waals surface area contributed by atoms with Crippen molar-refractivity contribution >= 4 is 6.03 Å². The summed E-state index contributed by atoms with van der Waals surface area (Å²) >= 11 is 0. The number of likely N-dealkylation sites (tertiary alicyclic amines) is 1. The molecule has 1 saturated carbocycles. The number of methoxy groups -OCH3 is 1. The van der Waals surface area contributed by atoms with Crippen molar-refractivity contribution in [2.45, 2.75) is 50.2 Å². The molecule has 2 rings (SSSR count). The maximum absolute atomic E-state index is 11.9. The molecule has 1 unspecified atom stereocenters. The normalized spacial score (nSPS) is 26.6. The van der Waals surface area contributed by atoms with Crippen LogP contribution in [0.25, 0.3) is 0 Å². The summed E-state index contributed by atoms with van der Waals surface area (Å²) in [5, 5.41) is 12.8. The molecule has 0 aromatic heterocycles. The second-order valence-corrected chi connectivity index (χ2v) is 5.51. The maximum atomic E-state index is 11.9. The number of nitrogens with zero attached hydrogens (tertiary/aromatic N) is 1. The van der Waals surface area contributed by atoms with Crippen LogP contribution in [0.1, 0.15) is 38.5 Å². The number of aliphatic hydroxyl groups is 1. The fourth-order valence-electron chi connectivity index (χ4n) is 2.66. The Morgan fingerprint density at radius 1 is 1.50 bits per heavy atom. The van der Waals surface area contributed by atoms with E-state index in [9.17, 15) is 9.90 Å². The maximum Gasteiger partial charge on any atom is 0.317 e. The summed E-state index contributed by atoms with van der Waals surface area (Å²) in [4.78, 5) is 13.7. The number of amides is 2. The lowest BCUT2D eigenvalue weighted by molar-refractivity contribution is -0.0391. The molecule has 2 fully saturated rings. The summed E-state index contributed by atoms with van der Waals surface area (Å²) < 4.78 is 5.30. The quantitative estimate of drug-likeness (QED) is 0.792. The minimum Gasteiger partial charge on any atom is -0.390 e. The van der Waals surface area contributed by atoms with E-state index in [4.69, 9.17) is 4.74 Å². The summed E-state index contributed by atoms with van der Waals surface area (Å²) in [6, 6.07) is -0.0281. The van der Waals surface area contributed by atoms with E-state index in [-0.39, 0.29) is 12.1 Å². The first-order valence-corrected chi connectivity index (χ1v) is 6.91. The van der Waals surface area contributed by atoms with Gasteiger partial charge in [-0.05, 0) is 38.5 Å². The molecule has 1 atom stereocenters. The Kier molecular flexibility index (Phi) is 4.45. The van der Waals surface area contributed by atoms with Crippen LogP contribution in [-0.4, -0.2) is 54.5 Å². The molecule has 5 heteroatoms. The predicted octanol–water partition coefficient (Wildman–Crippen LogP) is 1.11. The molecule has 0 spiro atoms. The first kappa shape index (κ1) is 13.6.